The van der Waals surface area contributed by atoms with Crippen molar-refractivity contribution in [1.29, 1.82) is 0 Å². The van der Waals surface area contributed by atoms with Crippen LogP contribution >= 0.6 is 0 Å². The van der Waals surface area contributed by atoms with E-state index in [4.69, 9.17) is 15.3 Å². The molecule has 0 aromatic heterocycles. The molecule has 0 aliphatic heterocycles. The van der Waals surface area contributed by atoms with Gasteiger partial charge in [0.05, 0.1) is 25.7 Å². The molecule has 0 aliphatic carbocycles. The average Bonchev–Trinajstić information content (AvgIpc) is 2.40. The molecule has 1 atom stereocenters. The number of hydrogen-bond acceptors (Lipinski definition) is 4. The molecule has 0 saturated heterocycles. The van der Waals surface area contributed by atoms with Crippen LogP contribution in [0.2, 0.25) is 0 Å². The molecule has 0 aromatic rings. The molecule has 0 spiro atoms. The van der Waals surface area contributed by atoms with Crippen molar-refractivity contribution in [2.75, 3.05) is 20.6 Å². The maximum atomic E-state index is 9.60. The number of hydrogen-bond donors (Lipinski definition) is 1. The molecule has 0 bridgehead atoms. The SMILES string of the molecule is CCCCCCCCCCCC[N+](C)(C)C(C)O.O=[N+]([O-])[O-]. The summed E-state index contributed by atoms with van der Waals surface area (Å²) in [6.07, 6.45) is 13.5. The molecular weight excluding hydrogens is 284 g/mol. The van der Waals surface area contributed by atoms with Gasteiger partial charge in [0.15, 0.2) is 6.23 Å². The highest BCUT2D eigenvalue weighted by Gasteiger charge is 2.20. The van der Waals surface area contributed by atoms with Crippen molar-refractivity contribution in [3.05, 3.63) is 15.3 Å². The molecular formula is C16H36N2O4. The van der Waals surface area contributed by atoms with Gasteiger partial charge < -0.3 is 24.9 Å². The third-order valence-corrected chi connectivity index (χ3v) is 4.10. The van der Waals surface area contributed by atoms with Crippen molar-refractivity contribution in [3.8, 4) is 0 Å². The molecule has 0 aliphatic rings. The van der Waals surface area contributed by atoms with Gasteiger partial charge in [0.2, 0.25) is 0 Å². The zero-order valence-corrected chi connectivity index (χ0v) is 14.9. The Morgan fingerprint density at radius 2 is 1.23 bits per heavy atom. The van der Waals surface area contributed by atoms with Crippen LogP contribution in [-0.4, -0.2) is 41.5 Å². The van der Waals surface area contributed by atoms with Crippen molar-refractivity contribution in [2.45, 2.75) is 84.3 Å². The summed E-state index contributed by atoms with van der Waals surface area (Å²) in [4.78, 5) is 8.25. The van der Waals surface area contributed by atoms with E-state index in [1.165, 1.54) is 64.2 Å². The lowest BCUT2D eigenvalue weighted by Gasteiger charge is -2.32. The minimum Gasteiger partial charge on any atom is -0.356 e. The zero-order chi connectivity index (χ0) is 17.4. The third-order valence-electron chi connectivity index (χ3n) is 4.10. The van der Waals surface area contributed by atoms with Crippen LogP contribution < -0.4 is 0 Å². The second-order valence-corrected chi connectivity index (χ2v) is 6.54. The molecule has 6 nitrogen and oxygen atoms in total. The van der Waals surface area contributed by atoms with E-state index in [2.05, 4.69) is 21.0 Å². The summed E-state index contributed by atoms with van der Waals surface area (Å²) in [5, 5.41) is 24.3. The molecule has 0 fully saturated rings. The Labute approximate surface area is 135 Å². The Morgan fingerprint density at radius 1 is 0.909 bits per heavy atom. The normalized spacial score (nSPS) is 12.4. The summed E-state index contributed by atoms with van der Waals surface area (Å²) >= 11 is 0. The largest absolute Gasteiger partial charge is 0.356 e. The van der Waals surface area contributed by atoms with Gasteiger partial charge in [-0.15, -0.1) is 0 Å². The van der Waals surface area contributed by atoms with E-state index in [0.717, 1.165) is 11.0 Å². The van der Waals surface area contributed by atoms with Gasteiger partial charge in [-0.05, 0) is 12.8 Å². The minimum atomic E-state index is -1.75. The first-order valence-corrected chi connectivity index (χ1v) is 8.56. The van der Waals surface area contributed by atoms with Crippen molar-refractivity contribution >= 4 is 0 Å². The van der Waals surface area contributed by atoms with Crippen molar-refractivity contribution < 1.29 is 14.7 Å². The minimum absolute atomic E-state index is 0.247. The van der Waals surface area contributed by atoms with E-state index in [0.29, 0.717) is 0 Å². The standard InChI is InChI=1S/C16H36NO.NO3/c1-5-6-7-8-9-10-11-12-13-14-15-17(3,4)16(2)18;2-1(3)4/h16,18H,5-15H2,1-4H3;/q+1;-1. The fourth-order valence-electron chi connectivity index (χ4n) is 2.19. The average molecular weight is 320 g/mol. The Hall–Kier alpha value is -0.880. The Bertz CT molecular complexity index is 255. The van der Waals surface area contributed by atoms with E-state index >= 15 is 0 Å². The fourth-order valence-corrected chi connectivity index (χ4v) is 2.19. The van der Waals surface area contributed by atoms with E-state index < -0.39 is 5.09 Å². The van der Waals surface area contributed by atoms with Gasteiger partial charge in [0, 0.05) is 6.92 Å². The number of aliphatic hydroxyl groups is 1. The highest BCUT2D eigenvalue weighted by molar-refractivity contribution is 4.47. The molecule has 0 saturated carbocycles. The second-order valence-electron chi connectivity index (χ2n) is 6.54. The predicted octanol–water partition coefficient (Wildman–Crippen LogP) is 4.08. The van der Waals surface area contributed by atoms with E-state index in [-0.39, 0.29) is 6.23 Å². The van der Waals surface area contributed by atoms with Crippen LogP contribution in [0.1, 0.15) is 78.1 Å². The van der Waals surface area contributed by atoms with Crippen LogP contribution in [0.5, 0.6) is 0 Å². The quantitative estimate of drug-likeness (QED) is 0.193. The van der Waals surface area contributed by atoms with Crippen molar-refractivity contribution in [2.24, 2.45) is 0 Å². The maximum absolute atomic E-state index is 9.60. The Balaban J connectivity index is 0. The first kappa shape index (κ1) is 23.4. The lowest BCUT2D eigenvalue weighted by atomic mass is 10.1. The number of unbranched alkanes of at least 4 members (excludes halogenated alkanes) is 9. The molecule has 6 heteroatoms. The van der Waals surface area contributed by atoms with Gasteiger partial charge in [-0.3, -0.25) is 0 Å². The highest BCUT2D eigenvalue weighted by Crippen LogP contribution is 2.12. The van der Waals surface area contributed by atoms with Crippen LogP contribution in [0.4, 0.5) is 0 Å². The molecule has 0 rings (SSSR count). The van der Waals surface area contributed by atoms with E-state index in [1.54, 1.807) is 0 Å². The number of nitrogens with zero attached hydrogens (tertiary/aromatic N) is 2. The van der Waals surface area contributed by atoms with Crippen LogP contribution in [0.15, 0.2) is 0 Å². The monoisotopic (exact) mass is 320 g/mol. The summed E-state index contributed by atoms with van der Waals surface area (Å²) < 4.78 is 0.733. The molecule has 134 valence electrons. The summed E-state index contributed by atoms with van der Waals surface area (Å²) in [6.45, 7) is 5.25. The molecule has 0 radical (unpaired) electrons. The van der Waals surface area contributed by atoms with E-state index in [1.807, 2.05) is 6.92 Å². The topological polar surface area (TPSA) is 86.4 Å². The van der Waals surface area contributed by atoms with Crippen molar-refractivity contribution in [1.82, 2.24) is 0 Å². The summed E-state index contributed by atoms with van der Waals surface area (Å²) in [7, 11) is 4.22. The van der Waals surface area contributed by atoms with Gasteiger partial charge in [0.1, 0.15) is 0 Å². The number of quaternary nitrogens is 1. The lowest BCUT2D eigenvalue weighted by Crippen LogP contribution is -2.47. The molecule has 0 amide bonds. The maximum Gasteiger partial charge on any atom is 0.187 e. The summed E-state index contributed by atoms with van der Waals surface area (Å²) in [6, 6.07) is 0. The van der Waals surface area contributed by atoms with Crippen LogP contribution in [0, 0.1) is 15.3 Å². The predicted molar refractivity (Wildman–Crippen MR) is 90.9 cm³/mol. The highest BCUT2D eigenvalue weighted by atomic mass is 16.9. The molecule has 22 heavy (non-hydrogen) atoms. The number of aliphatic hydroxyl groups excluding tert-OH is 1. The molecule has 1 N–H and O–H groups in total. The first-order valence-electron chi connectivity index (χ1n) is 8.56. The third kappa shape index (κ3) is 19.1. The smallest absolute Gasteiger partial charge is 0.187 e. The Morgan fingerprint density at radius 3 is 1.55 bits per heavy atom. The second kappa shape index (κ2) is 15.0. The fraction of sp³-hybridized carbons (Fsp3) is 1.00. The van der Waals surface area contributed by atoms with Gasteiger partial charge in [0.25, 0.3) is 0 Å². The summed E-state index contributed by atoms with van der Waals surface area (Å²) in [5.74, 6) is 0. The summed E-state index contributed by atoms with van der Waals surface area (Å²) in [5.41, 5.74) is 0. The lowest BCUT2D eigenvalue weighted by molar-refractivity contribution is -0.934. The first-order chi connectivity index (χ1) is 10.2. The van der Waals surface area contributed by atoms with Crippen molar-refractivity contribution in [3.63, 3.8) is 0 Å². The van der Waals surface area contributed by atoms with Crippen LogP contribution in [-0.2, 0) is 0 Å². The van der Waals surface area contributed by atoms with Crippen LogP contribution in [0.25, 0.3) is 0 Å². The Kier molecular flexibility index (Phi) is 16.0. The molecule has 1 unspecified atom stereocenters. The van der Waals surface area contributed by atoms with Gasteiger partial charge in [-0.25, -0.2) is 0 Å². The van der Waals surface area contributed by atoms with E-state index in [9.17, 15) is 5.11 Å². The number of rotatable bonds is 12. The zero-order valence-electron chi connectivity index (χ0n) is 14.9. The molecule has 0 heterocycles. The van der Waals surface area contributed by atoms with Gasteiger partial charge >= 0.3 is 0 Å². The van der Waals surface area contributed by atoms with Gasteiger partial charge in [-0.2, -0.15) is 0 Å². The molecule has 0 aromatic carbocycles. The van der Waals surface area contributed by atoms with Gasteiger partial charge in [-0.1, -0.05) is 58.3 Å². The van der Waals surface area contributed by atoms with Crippen LogP contribution in [0.3, 0.4) is 0 Å².